The molecule has 2 N–H and O–H groups in total. The van der Waals surface area contributed by atoms with Gasteiger partial charge in [-0.1, -0.05) is 0 Å². The maximum Gasteiger partial charge on any atom is 0.160 e. The van der Waals surface area contributed by atoms with Crippen molar-refractivity contribution in [3.05, 3.63) is 24.2 Å². The van der Waals surface area contributed by atoms with Gasteiger partial charge in [-0.3, -0.25) is 0 Å². The Balaban J connectivity index is 2.50. The highest BCUT2D eigenvalue weighted by Gasteiger charge is 2.12. The van der Waals surface area contributed by atoms with Crippen LogP contribution < -0.4 is 5.73 Å². The zero-order valence-corrected chi connectivity index (χ0v) is 9.85. The van der Waals surface area contributed by atoms with Crippen molar-refractivity contribution >= 4 is 11.2 Å². The van der Waals surface area contributed by atoms with Crippen molar-refractivity contribution < 1.29 is 0 Å². The van der Waals surface area contributed by atoms with Gasteiger partial charge in [-0.15, -0.1) is 0 Å². The number of hydrogen-bond donors (Lipinski definition) is 1. The van der Waals surface area contributed by atoms with E-state index in [2.05, 4.69) is 28.4 Å². The lowest BCUT2D eigenvalue weighted by Gasteiger charge is -2.11. The Hall–Kier alpha value is -1.42. The van der Waals surface area contributed by atoms with E-state index in [1.807, 2.05) is 18.3 Å². The molecule has 0 amide bonds. The van der Waals surface area contributed by atoms with E-state index in [0.717, 1.165) is 29.8 Å². The largest absolute Gasteiger partial charge is 0.330 e. The maximum atomic E-state index is 5.54. The number of fused-ring (bicyclic) bond motifs is 1. The molecule has 4 nitrogen and oxygen atoms in total. The zero-order valence-electron chi connectivity index (χ0n) is 9.85. The lowest BCUT2D eigenvalue weighted by atomic mass is 10.3. The molecule has 0 atom stereocenters. The van der Waals surface area contributed by atoms with Crippen molar-refractivity contribution in [1.82, 2.24) is 14.5 Å². The lowest BCUT2D eigenvalue weighted by Crippen LogP contribution is -2.09. The Morgan fingerprint density at radius 3 is 2.94 bits per heavy atom. The summed E-state index contributed by atoms with van der Waals surface area (Å²) in [5, 5.41) is 0. The summed E-state index contributed by atoms with van der Waals surface area (Å²) >= 11 is 0. The average molecular weight is 218 g/mol. The molecule has 0 saturated heterocycles. The minimum Gasteiger partial charge on any atom is -0.330 e. The van der Waals surface area contributed by atoms with Crippen LogP contribution in [-0.4, -0.2) is 21.1 Å². The van der Waals surface area contributed by atoms with Gasteiger partial charge in [-0.05, 0) is 38.9 Å². The van der Waals surface area contributed by atoms with Gasteiger partial charge in [0, 0.05) is 18.7 Å². The molecule has 0 aliphatic heterocycles. The van der Waals surface area contributed by atoms with E-state index >= 15 is 0 Å². The second-order valence-corrected chi connectivity index (χ2v) is 4.23. The topological polar surface area (TPSA) is 56.7 Å². The predicted molar refractivity (Wildman–Crippen MR) is 65.3 cm³/mol. The first-order valence-electron chi connectivity index (χ1n) is 5.76. The highest BCUT2D eigenvalue weighted by atomic mass is 15.1. The quantitative estimate of drug-likeness (QED) is 0.852. The van der Waals surface area contributed by atoms with E-state index in [0.29, 0.717) is 12.6 Å². The standard InChI is InChI=1S/C12H18N4/c1-9(2)16-11(6-3-7-13)15-10-5-4-8-14-12(10)16/h4-5,8-9H,3,6-7,13H2,1-2H3. The molecule has 86 valence electrons. The zero-order chi connectivity index (χ0) is 11.5. The van der Waals surface area contributed by atoms with Gasteiger partial charge < -0.3 is 10.3 Å². The van der Waals surface area contributed by atoms with Crippen LogP contribution in [0.15, 0.2) is 18.3 Å². The number of nitrogens with two attached hydrogens (primary N) is 1. The van der Waals surface area contributed by atoms with Crippen molar-refractivity contribution in [2.45, 2.75) is 32.7 Å². The first-order valence-corrected chi connectivity index (χ1v) is 5.76. The Bertz CT molecular complexity index is 473. The number of imidazole rings is 1. The molecule has 0 radical (unpaired) electrons. The Kier molecular flexibility index (Phi) is 3.19. The van der Waals surface area contributed by atoms with Crippen LogP contribution in [-0.2, 0) is 6.42 Å². The Morgan fingerprint density at radius 2 is 2.25 bits per heavy atom. The van der Waals surface area contributed by atoms with Crippen LogP contribution in [0.1, 0.15) is 32.1 Å². The number of aryl methyl sites for hydroxylation is 1. The normalized spacial score (nSPS) is 11.5. The molecule has 0 spiro atoms. The molecule has 0 aliphatic carbocycles. The summed E-state index contributed by atoms with van der Waals surface area (Å²) in [6, 6.07) is 4.31. The first-order chi connectivity index (χ1) is 7.74. The summed E-state index contributed by atoms with van der Waals surface area (Å²) in [5.74, 6) is 1.09. The van der Waals surface area contributed by atoms with Crippen LogP contribution in [0, 0.1) is 0 Å². The maximum absolute atomic E-state index is 5.54. The predicted octanol–water partition coefficient (Wildman–Crippen LogP) is 1.90. The van der Waals surface area contributed by atoms with Crippen molar-refractivity contribution in [3.63, 3.8) is 0 Å². The molecule has 0 fully saturated rings. The van der Waals surface area contributed by atoms with E-state index in [1.54, 1.807) is 0 Å². The molecule has 0 bridgehead atoms. The number of aromatic nitrogens is 3. The van der Waals surface area contributed by atoms with E-state index in [-0.39, 0.29) is 0 Å². The molecule has 0 aromatic carbocycles. The number of hydrogen-bond acceptors (Lipinski definition) is 3. The van der Waals surface area contributed by atoms with Gasteiger partial charge in [0.2, 0.25) is 0 Å². The molecule has 0 aliphatic rings. The molecular weight excluding hydrogens is 200 g/mol. The van der Waals surface area contributed by atoms with Gasteiger partial charge >= 0.3 is 0 Å². The summed E-state index contributed by atoms with van der Waals surface area (Å²) in [6.45, 7) is 5.01. The summed E-state index contributed by atoms with van der Waals surface area (Å²) < 4.78 is 2.20. The number of nitrogens with zero attached hydrogens (tertiary/aromatic N) is 3. The van der Waals surface area contributed by atoms with Gasteiger partial charge in [-0.25, -0.2) is 9.97 Å². The molecule has 2 aromatic rings. The van der Waals surface area contributed by atoms with Crippen LogP contribution in [0.25, 0.3) is 11.2 Å². The number of rotatable bonds is 4. The summed E-state index contributed by atoms with van der Waals surface area (Å²) in [7, 11) is 0. The van der Waals surface area contributed by atoms with Crippen molar-refractivity contribution in [1.29, 1.82) is 0 Å². The highest BCUT2D eigenvalue weighted by Crippen LogP contribution is 2.19. The molecule has 4 heteroatoms. The van der Waals surface area contributed by atoms with Gasteiger partial charge in [0.25, 0.3) is 0 Å². The van der Waals surface area contributed by atoms with Crippen molar-refractivity contribution in [2.24, 2.45) is 5.73 Å². The van der Waals surface area contributed by atoms with E-state index in [1.165, 1.54) is 0 Å². The van der Waals surface area contributed by atoms with Crippen molar-refractivity contribution in [2.75, 3.05) is 6.54 Å². The fourth-order valence-corrected chi connectivity index (χ4v) is 1.96. The van der Waals surface area contributed by atoms with Gasteiger partial charge in [0.15, 0.2) is 5.65 Å². The van der Waals surface area contributed by atoms with E-state index in [4.69, 9.17) is 5.73 Å². The summed E-state index contributed by atoms with van der Waals surface area (Å²) in [4.78, 5) is 9.02. The van der Waals surface area contributed by atoms with E-state index < -0.39 is 0 Å². The molecule has 0 saturated carbocycles. The van der Waals surface area contributed by atoms with Crippen molar-refractivity contribution in [3.8, 4) is 0 Å². The van der Waals surface area contributed by atoms with Gasteiger partial charge in [-0.2, -0.15) is 0 Å². The summed E-state index contributed by atoms with van der Waals surface area (Å²) in [5.41, 5.74) is 7.50. The average Bonchev–Trinajstić information content (AvgIpc) is 2.64. The number of pyridine rings is 1. The van der Waals surface area contributed by atoms with Crippen LogP contribution >= 0.6 is 0 Å². The third kappa shape index (κ3) is 1.93. The third-order valence-electron chi connectivity index (χ3n) is 2.64. The molecule has 2 heterocycles. The monoisotopic (exact) mass is 218 g/mol. The highest BCUT2D eigenvalue weighted by molar-refractivity contribution is 5.71. The smallest absolute Gasteiger partial charge is 0.160 e. The third-order valence-corrected chi connectivity index (χ3v) is 2.64. The Labute approximate surface area is 95.5 Å². The van der Waals surface area contributed by atoms with Crippen LogP contribution in [0.3, 0.4) is 0 Å². The lowest BCUT2D eigenvalue weighted by molar-refractivity contribution is 0.573. The minimum atomic E-state index is 0.382. The molecule has 2 rings (SSSR count). The fraction of sp³-hybridized carbons (Fsp3) is 0.500. The second-order valence-electron chi connectivity index (χ2n) is 4.23. The molecule has 2 aromatic heterocycles. The fourth-order valence-electron chi connectivity index (χ4n) is 1.96. The minimum absolute atomic E-state index is 0.382. The van der Waals surface area contributed by atoms with Crippen LogP contribution in [0.2, 0.25) is 0 Å². The first kappa shape index (κ1) is 11.1. The summed E-state index contributed by atoms with van der Waals surface area (Å²) in [6.07, 6.45) is 3.71. The van der Waals surface area contributed by atoms with Gasteiger partial charge in [0.1, 0.15) is 11.3 Å². The SMILES string of the molecule is CC(C)n1c(CCCN)nc2cccnc21. The molecule has 0 unspecified atom stereocenters. The Morgan fingerprint density at radius 1 is 1.44 bits per heavy atom. The molecule has 16 heavy (non-hydrogen) atoms. The van der Waals surface area contributed by atoms with Crippen LogP contribution in [0.5, 0.6) is 0 Å². The van der Waals surface area contributed by atoms with E-state index in [9.17, 15) is 0 Å². The van der Waals surface area contributed by atoms with Gasteiger partial charge in [0.05, 0.1) is 0 Å². The second kappa shape index (κ2) is 4.61. The van der Waals surface area contributed by atoms with Crippen LogP contribution in [0.4, 0.5) is 0 Å². The molecular formula is C12H18N4.